The van der Waals surface area contributed by atoms with E-state index in [0.717, 1.165) is 0 Å². The third-order valence-electron chi connectivity index (χ3n) is 0. The van der Waals surface area contributed by atoms with Gasteiger partial charge in [-0.05, 0) is 0 Å². The molecule has 0 rings (SSSR count). The van der Waals surface area contributed by atoms with Crippen LogP contribution in [0.4, 0.5) is 0 Å². The van der Waals surface area contributed by atoms with Crippen LogP contribution in [-0.4, -0.2) is 30.6 Å². The molecule has 5 heteroatoms. The molecular formula is H6GeO3S. The minimum absolute atomic E-state index is 0. The molecule has 34 valence electrons. The summed E-state index contributed by atoms with van der Waals surface area (Å²) in [5.74, 6) is 0. The topological polar surface area (TPSA) is 54.4 Å². The Morgan fingerprint density at radius 2 is 1.40 bits per heavy atom. The molecule has 1 N–H and O–H groups in total. The summed E-state index contributed by atoms with van der Waals surface area (Å²) < 4.78 is 24.2. The molecule has 0 bridgehead atoms. The number of hydrogen-bond donors (Lipinski definition) is 2. The molecular weight excluding hydrogens is 153 g/mol. The molecule has 0 fully saturated rings. The first-order valence-corrected chi connectivity index (χ1v) is 1.70. The fraction of sp³-hybridized carbons (Fsp3) is 0. The summed E-state index contributed by atoms with van der Waals surface area (Å²) in [5, 5.41) is 0. The standard InChI is InChI=1S/GeH4.H2O3S/c;1-4(2)3/h1H4;4H,(H,1,2,3). The molecule has 5 heavy (non-hydrogen) atoms. The van der Waals surface area contributed by atoms with E-state index >= 15 is 0 Å². The SMILES string of the molecule is O=[SH](=O)O.[GeH4]. The predicted octanol–water partition coefficient (Wildman–Crippen LogP) is -2.38. The molecule has 0 aromatic carbocycles. The van der Waals surface area contributed by atoms with Gasteiger partial charge in [0.1, 0.15) is 0 Å². The van der Waals surface area contributed by atoms with E-state index in [-0.39, 0.29) is 17.6 Å². The van der Waals surface area contributed by atoms with E-state index in [0.29, 0.717) is 0 Å². The van der Waals surface area contributed by atoms with Gasteiger partial charge in [-0.1, -0.05) is 0 Å². The van der Waals surface area contributed by atoms with Crippen LogP contribution in [0.3, 0.4) is 0 Å². The summed E-state index contributed by atoms with van der Waals surface area (Å²) in [6.45, 7) is 0. The van der Waals surface area contributed by atoms with E-state index in [1.165, 1.54) is 0 Å². The van der Waals surface area contributed by atoms with E-state index < -0.39 is 11.0 Å². The molecule has 0 amide bonds. The van der Waals surface area contributed by atoms with Gasteiger partial charge in [0.05, 0.1) is 0 Å². The van der Waals surface area contributed by atoms with E-state index in [1.54, 1.807) is 0 Å². The molecule has 0 aliphatic carbocycles. The molecule has 0 radical (unpaired) electrons. The Morgan fingerprint density at radius 3 is 1.40 bits per heavy atom. The molecule has 0 unspecified atom stereocenters. The monoisotopic (exact) mass is 160 g/mol. The van der Waals surface area contributed by atoms with Gasteiger partial charge in [-0.25, -0.2) is 8.42 Å². The van der Waals surface area contributed by atoms with Gasteiger partial charge in [-0.2, -0.15) is 0 Å². The zero-order chi connectivity index (χ0) is 3.58. The van der Waals surface area contributed by atoms with E-state index in [1.807, 2.05) is 0 Å². The minimum atomic E-state index is -3.12. The zero-order valence-electron chi connectivity index (χ0n) is 1.71. The van der Waals surface area contributed by atoms with Gasteiger partial charge in [0.15, 0.2) is 0 Å². The van der Waals surface area contributed by atoms with Crippen molar-refractivity contribution in [3.05, 3.63) is 0 Å². The number of hydrogen-bond acceptors (Lipinski definition) is 2. The molecule has 0 heterocycles. The van der Waals surface area contributed by atoms with Crippen molar-refractivity contribution >= 4 is 28.6 Å². The van der Waals surface area contributed by atoms with Crippen LogP contribution in [0, 0.1) is 0 Å². The van der Waals surface area contributed by atoms with Crippen LogP contribution < -0.4 is 0 Å². The van der Waals surface area contributed by atoms with Crippen LogP contribution >= 0.6 is 0 Å². The molecule has 0 aromatic heterocycles. The first kappa shape index (κ1) is 9.07. The van der Waals surface area contributed by atoms with Crippen molar-refractivity contribution in [3.63, 3.8) is 0 Å². The Labute approximate surface area is 42.1 Å². The van der Waals surface area contributed by atoms with E-state index in [2.05, 4.69) is 0 Å². The van der Waals surface area contributed by atoms with Crippen molar-refractivity contribution in [2.45, 2.75) is 0 Å². The Bertz CT molecular complexity index is 55.3. The van der Waals surface area contributed by atoms with Gasteiger partial charge < -0.3 is 0 Å². The van der Waals surface area contributed by atoms with E-state index in [4.69, 9.17) is 13.0 Å². The maximum absolute atomic E-state index is 8.59. The zero-order valence-corrected chi connectivity index (χ0v) is 2.61. The van der Waals surface area contributed by atoms with Crippen molar-refractivity contribution < 1.29 is 13.0 Å². The molecule has 0 spiro atoms. The van der Waals surface area contributed by atoms with Gasteiger partial charge in [0.25, 0.3) is 11.0 Å². The van der Waals surface area contributed by atoms with Gasteiger partial charge in [-0.15, -0.1) is 0 Å². The number of thiol groups is 1. The summed E-state index contributed by atoms with van der Waals surface area (Å²) in [7, 11) is -3.12. The Kier molecular flexibility index (Phi) is 8.08. The first-order chi connectivity index (χ1) is 1.73. The fourth-order valence-corrected chi connectivity index (χ4v) is 0. The maximum atomic E-state index is 8.59. The average molecular weight is 159 g/mol. The van der Waals surface area contributed by atoms with Crippen molar-refractivity contribution in [1.82, 2.24) is 0 Å². The third-order valence-corrected chi connectivity index (χ3v) is 0. The van der Waals surface area contributed by atoms with E-state index in [9.17, 15) is 0 Å². The second-order valence-electron chi connectivity index (χ2n) is 0.238. The molecule has 3 nitrogen and oxygen atoms in total. The van der Waals surface area contributed by atoms with Crippen LogP contribution in [0.5, 0.6) is 0 Å². The summed E-state index contributed by atoms with van der Waals surface area (Å²) in [4.78, 5) is 0. The predicted molar refractivity (Wildman–Crippen MR) is 24.3 cm³/mol. The van der Waals surface area contributed by atoms with Crippen molar-refractivity contribution in [2.24, 2.45) is 0 Å². The van der Waals surface area contributed by atoms with Crippen LogP contribution in [0.25, 0.3) is 0 Å². The van der Waals surface area contributed by atoms with Crippen LogP contribution in [0.1, 0.15) is 0 Å². The quantitative estimate of drug-likeness (QED) is 0.235. The van der Waals surface area contributed by atoms with Crippen molar-refractivity contribution in [1.29, 1.82) is 0 Å². The average Bonchev–Trinajstić information content (AvgIpc) is 0.811. The Balaban J connectivity index is 0. The molecule has 0 aliphatic heterocycles. The summed E-state index contributed by atoms with van der Waals surface area (Å²) >= 11 is 0. The summed E-state index contributed by atoms with van der Waals surface area (Å²) in [6.07, 6.45) is 0. The third kappa shape index (κ3) is 131. The summed E-state index contributed by atoms with van der Waals surface area (Å²) in [6, 6.07) is 0. The van der Waals surface area contributed by atoms with Crippen LogP contribution in [0.2, 0.25) is 0 Å². The van der Waals surface area contributed by atoms with Gasteiger partial charge >= 0.3 is 17.6 Å². The Morgan fingerprint density at radius 1 is 1.40 bits per heavy atom. The van der Waals surface area contributed by atoms with Crippen molar-refractivity contribution in [3.8, 4) is 0 Å². The number of rotatable bonds is 0. The van der Waals surface area contributed by atoms with Crippen molar-refractivity contribution in [2.75, 3.05) is 0 Å². The normalized spacial score (nSPS) is 6.80. The Hall–Kier alpha value is 0.453. The molecule has 0 atom stereocenters. The second kappa shape index (κ2) is 4.45. The van der Waals surface area contributed by atoms with Crippen LogP contribution in [0.15, 0.2) is 0 Å². The fourth-order valence-electron chi connectivity index (χ4n) is 0. The van der Waals surface area contributed by atoms with Crippen LogP contribution in [-0.2, 0) is 11.0 Å². The summed E-state index contributed by atoms with van der Waals surface area (Å²) in [5.41, 5.74) is 0. The molecule has 0 saturated heterocycles. The van der Waals surface area contributed by atoms with Gasteiger partial charge in [-0.3, -0.25) is 4.55 Å². The molecule has 0 saturated carbocycles. The van der Waals surface area contributed by atoms with Gasteiger partial charge in [0, 0.05) is 0 Å². The first-order valence-electron chi connectivity index (χ1n) is 0.565. The molecule has 0 aromatic rings. The second-order valence-corrected chi connectivity index (χ2v) is 0.714. The van der Waals surface area contributed by atoms with Gasteiger partial charge in [0.2, 0.25) is 0 Å². The molecule has 0 aliphatic rings.